The number of phenolic OH excluding ortho intramolecular Hbond substituents is 1. The number of nitrogens with zero attached hydrogens (tertiary/aromatic N) is 1. The van der Waals surface area contributed by atoms with E-state index in [0.29, 0.717) is 17.9 Å². The van der Waals surface area contributed by atoms with E-state index >= 15 is 0 Å². The highest BCUT2D eigenvalue weighted by molar-refractivity contribution is 5.88. The normalized spacial score (nSPS) is 16.1. The molecule has 4 heteroatoms. The number of phenols is 1. The van der Waals surface area contributed by atoms with Gasteiger partial charge in [-0.3, -0.25) is 4.98 Å². The first kappa shape index (κ1) is 13.3. The summed E-state index contributed by atoms with van der Waals surface area (Å²) < 4.78 is 5.28. The number of ether oxygens (including phenoxy) is 1. The van der Waals surface area contributed by atoms with E-state index in [-0.39, 0.29) is 0 Å². The Morgan fingerprint density at radius 3 is 2.85 bits per heavy atom. The molecular weight excluding hydrogens is 252 g/mol. The Morgan fingerprint density at radius 1 is 1.30 bits per heavy atom. The van der Waals surface area contributed by atoms with Crippen LogP contribution < -0.4 is 4.90 Å². The Morgan fingerprint density at radius 2 is 2.10 bits per heavy atom. The zero-order valence-electron chi connectivity index (χ0n) is 11.9. The summed E-state index contributed by atoms with van der Waals surface area (Å²) in [6.07, 6.45) is 4.30. The van der Waals surface area contributed by atoms with Crippen LogP contribution in [0.4, 0.5) is 0 Å². The van der Waals surface area contributed by atoms with Gasteiger partial charge in [-0.25, -0.2) is 0 Å². The zero-order chi connectivity index (χ0) is 13.9. The SMILES string of the molecule is COCc1cc(C[NH+]2CCCC2)c(O)c2ncccc12. The van der Waals surface area contributed by atoms with Gasteiger partial charge in [-0.15, -0.1) is 0 Å². The average molecular weight is 273 g/mol. The number of hydrogen-bond acceptors (Lipinski definition) is 3. The largest absolute Gasteiger partial charge is 0.505 e. The van der Waals surface area contributed by atoms with Crippen molar-refractivity contribution in [3.63, 3.8) is 0 Å². The lowest BCUT2D eigenvalue weighted by molar-refractivity contribution is -0.901. The maximum atomic E-state index is 10.5. The second-order valence-corrected chi connectivity index (χ2v) is 5.51. The number of aromatic hydroxyl groups is 1. The molecule has 0 atom stereocenters. The quantitative estimate of drug-likeness (QED) is 0.882. The molecule has 0 aliphatic carbocycles. The molecule has 4 nitrogen and oxygen atoms in total. The van der Waals surface area contributed by atoms with Crippen molar-refractivity contribution < 1.29 is 14.7 Å². The number of fused-ring (bicyclic) bond motifs is 1. The molecule has 0 amide bonds. The van der Waals surface area contributed by atoms with Crippen molar-refractivity contribution in [2.24, 2.45) is 0 Å². The molecule has 1 aliphatic rings. The summed E-state index contributed by atoms with van der Waals surface area (Å²) in [4.78, 5) is 5.88. The Balaban J connectivity index is 2.04. The van der Waals surface area contributed by atoms with Crippen LogP contribution in [-0.2, 0) is 17.9 Å². The molecule has 2 heterocycles. The summed E-state index contributed by atoms with van der Waals surface area (Å²) in [5, 5.41) is 11.5. The molecule has 2 aromatic rings. The average Bonchev–Trinajstić information content (AvgIpc) is 2.97. The van der Waals surface area contributed by atoms with Crippen molar-refractivity contribution in [2.45, 2.75) is 26.0 Å². The van der Waals surface area contributed by atoms with E-state index in [4.69, 9.17) is 4.74 Å². The maximum Gasteiger partial charge on any atom is 0.150 e. The molecule has 3 rings (SSSR count). The summed E-state index contributed by atoms with van der Waals surface area (Å²) in [5.74, 6) is 0.333. The highest BCUT2D eigenvalue weighted by atomic mass is 16.5. The first-order chi connectivity index (χ1) is 9.79. The summed E-state index contributed by atoms with van der Waals surface area (Å²) in [5.41, 5.74) is 2.78. The third-order valence-electron chi connectivity index (χ3n) is 4.08. The van der Waals surface area contributed by atoms with E-state index in [1.54, 1.807) is 18.2 Å². The molecule has 0 bridgehead atoms. The van der Waals surface area contributed by atoms with Crippen LogP contribution in [0.15, 0.2) is 24.4 Å². The van der Waals surface area contributed by atoms with Gasteiger partial charge in [0.05, 0.1) is 25.3 Å². The van der Waals surface area contributed by atoms with Gasteiger partial charge in [-0.05, 0) is 17.7 Å². The van der Waals surface area contributed by atoms with Gasteiger partial charge in [0.15, 0.2) is 5.75 Å². The van der Waals surface area contributed by atoms with E-state index < -0.39 is 0 Å². The first-order valence-electron chi connectivity index (χ1n) is 7.20. The van der Waals surface area contributed by atoms with Gasteiger partial charge < -0.3 is 14.7 Å². The number of nitrogens with one attached hydrogen (secondary N) is 1. The van der Waals surface area contributed by atoms with Crippen molar-refractivity contribution >= 4 is 10.9 Å². The van der Waals surface area contributed by atoms with Gasteiger partial charge in [0.2, 0.25) is 0 Å². The predicted octanol–water partition coefficient (Wildman–Crippen LogP) is 1.27. The van der Waals surface area contributed by atoms with Crippen LogP contribution in [0.3, 0.4) is 0 Å². The Bertz CT molecular complexity index is 607. The minimum absolute atomic E-state index is 0.333. The third-order valence-corrected chi connectivity index (χ3v) is 4.08. The van der Waals surface area contributed by atoms with Crippen molar-refractivity contribution in [3.05, 3.63) is 35.5 Å². The lowest BCUT2D eigenvalue weighted by atomic mass is 10.0. The molecule has 1 saturated heterocycles. The summed E-state index contributed by atoms with van der Waals surface area (Å²) in [6.45, 7) is 3.80. The standard InChI is InChI=1S/C16H20N2O2/c1-20-11-13-9-12(10-18-7-2-3-8-18)16(19)15-14(13)5-4-6-17-15/h4-6,9,19H,2-3,7-8,10-11H2,1H3/p+1. The molecule has 2 N–H and O–H groups in total. The Kier molecular flexibility index (Phi) is 3.85. The van der Waals surface area contributed by atoms with Crippen LogP contribution >= 0.6 is 0 Å². The first-order valence-corrected chi connectivity index (χ1v) is 7.20. The highest BCUT2D eigenvalue weighted by Crippen LogP contribution is 2.30. The van der Waals surface area contributed by atoms with Crippen LogP contribution in [0.1, 0.15) is 24.0 Å². The lowest BCUT2D eigenvalue weighted by Gasteiger charge is -2.16. The third kappa shape index (κ3) is 2.49. The van der Waals surface area contributed by atoms with Gasteiger partial charge in [0.1, 0.15) is 12.1 Å². The van der Waals surface area contributed by atoms with E-state index in [0.717, 1.165) is 23.1 Å². The molecule has 0 radical (unpaired) electrons. The Labute approximate surface area is 119 Å². The van der Waals surface area contributed by atoms with E-state index in [1.807, 2.05) is 12.1 Å². The second kappa shape index (κ2) is 5.77. The number of methoxy groups -OCH3 is 1. The summed E-state index contributed by atoms with van der Waals surface area (Å²) in [7, 11) is 1.69. The zero-order valence-corrected chi connectivity index (χ0v) is 11.9. The minimum Gasteiger partial charge on any atom is -0.505 e. The topological polar surface area (TPSA) is 46.8 Å². The van der Waals surface area contributed by atoms with E-state index in [2.05, 4.69) is 11.1 Å². The molecule has 0 spiro atoms. The van der Waals surface area contributed by atoms with E-state index in [1.165, 1.54) is 25.9 Å². The monoisotopic (exact) mass is 273 g/mol. The van der Waals surface area contributed by atoms with Crippen LogP contribution in [0, 0.1) is 0 Å². The number of hydrogen-bond donors (Lipinski definition) is 2. The molecule has 1 aromatic carbocycles. The van der Waals surface area contributed by atoms with Crippen molar-refractivity contribution in [3.8, 4) is 5.75 Å². The number of rotatable bonds is 4. The molecule has 0 unspecified atom stereocenters. The number of aromatic nitrogens is 1. The van der Waals surface area contributed by atoms with Crippen LogP contribution in [0.2, 0.25) is 0 Å². The molecule has 1 aromatic heterocycles. The van der Waals surface area contributed by atoms with Crippen LogP contribution in [0.5, 0.6) is 5.75 Å². The predicted molar refractivity (Wildman–Crippen MR) is 77.8 cm³/mol. The fraction of sp³-hybridized carbons (Fsp3) is 0.438. The summed E-state index contributed by atoms with van der Waals surface area (Å²) in [6, 6.07) is 5.96. The highest BCUT2D eigenvalue weighted by Gasteiger charge is 2.20. The molecular formula is C16H21N2O2+. The molecule has 20 heavy (non-hydrogen) atoms. The Hall–Kier alpha value is -1.65. The summed E-state index contributed by atoms with van der Waals surface area (Å²) >= 11 is 0. The molecule has 1 fully saturated rings. The van der Waals surface area contributed by atoms with Gasteiger partial charge in [-0.1, -0.05) is 6.07 Å². The smallest absolute Gasteiger partial charge is 0.150 e. The maximum absolute atomic E-state index is 10.5. The van der Waals surface area contributed by atoms with Gasteiger partial charge in [0, 0.05) is 31.5 Å². The molecule has 1 aliphatic heterocycles. The number of pyridine rings is 1. The van der Waals surface area contributed by atoms with Gasteiger partial charge in [0.25, 0.3) is 0 Å². The van der Waals surface area contributed by atoms with Crippen molar-refractivity contribution in [2.75, 3.05) is 20.2 Å². The molecule has 106 valence electrons. The number of quaternary nitrogens is 1. The second-order valence-electron chi connectivity index (χ2n) is 5.51. The lowest BCUT2D eigenvalue weighted by Crippen LogP contribution is -3.08. The van der Waals surface area contributed by atoms with Crippen molar-refractivity contribution in [1.29, 1.82) is 0 Å². The van der Waals surface area contributed by atoms with E-state index in [9.17, 15) is 5.11 Å². The fourth-order valence-electron chi connectivity index (χ4n) is 3.09. The van der Waals surface area contributed by atoms with Gasteiger partial charge in [-0.2, -0.15) is 0 Å². The van der Waals surface area contributed by atoms with Gasteiger partial charge >= 0.3 is 0 Å². The number of benzene rings is 1. The van der Waals surface area contributed by atoms with Crippen LogP contribution in [-0.4, -0.2) is 30.3 Å². The molecule has 0 saturated carbocycles. The number of likely N-dealkylation sites (tertiary alicyclic amines) is 1. The van der Waals surface area contributed by atoms with Crippen molar-refractivity contribution in [1.82, 2.24) is 4.98 Å². The van der Waals surface area contributed by atoms with Crippen LogP contribution in [0.25, 0.3) is 10.9 Å². The minimum atomic E-state index is 0.333. The fourth-order valence-corrected chi connectivity index (χ4v) is 3.09.